The zero-order valence-electron chi connectivity index (χ0n) is 13.4. The first-order valence-electron chi connectivity index (χ1n) is 7.94. The van der Waals surface area contributed by atoms with Crippen molar-refractivity contribution in [2.24, 2.45) is 10.3 Å². The molecule has 4 aromatic carbocycles. The number of fused-ring (bicyclic) bond motifs is 2. The van der Waals surface area contributed by atoms with Crippen LogP contribution in [0.15, 0.2) is 95.3 Å². The standard InChI is InChI=1S/C21H17N3/c1-24(21-15-7-11-17-9-3-5-13-19(17)21)23-22-20-14-6-10-16-8-2-4-12-18(16)20/h2-15H,1H3. The molecule has 0 radical (unpaired) electrons. The summed E-state index contributed by atoms with van der Waals surface area (Å²) in [6.07, 6.45) is 0. The highest BCUT2D eigenvalue weighted by Gasteiger charge is 2.05. The molecule has 3 heteroatoms. The van der Waals surface area contributed by atoms with Crippen molar-refractivity contribution in [2.45, 2.75) is 0 Å². The van der Waals surface area contributed by atoms with Gasteiger partial charge in [-0.2, -0.15) is 0 Å². The third-order valence-corrected chi connectivity index (χ3v) is 4.17. The lowest BCUT2D eigenvalue weighted by Crippen LogP contribution is -2.07. The predicted octanol–water partition coefficient (Wildman–Crippen LogP) is 6.13. The van der Waals surface area contributed by atoms with E-state index >= 15 is 0 Å². The van der Waals surface area contributed by atoms with Crippen LogP contribution in [0.25, 0.3) is 21.5 Å². The van der Waals surface area contributed by atoms with E-state index < -0.39 is 0 Å². The van der Waals surface area contributed by atoms with Crippen LogP contribution < -0.4 is 5.01 Å². The van der Waals surface area contributed by atoms with Crippen LogP contribution in [0.3, 0.4) is 0 Å². The zero-order chi connectivity index (χ0) is 16.4. The average molecular weight is 311 g/mol. The smallest absolute Gasteiger partial charge is 0.0952 e. The lowest BCUT2D eigenvalue weighted by Gasteiger charge is -2.14. The Bertz CT molecular complexity index is 1030. The zero-order valence-corrected chi connectivity index (χ0v) is 13.4. The molecule has 116 valence electrons. The molecule has 0 aliphatic rings. The summed E-state index contributed by atoms with van der Waals surface area (Å²) in [7, 11) is 1.93. The van der Waals surface area contributed by atoms with Gasteiger partial charge in [-0.1, -0.05) is 78.0 Å². The van der Waals surface area contributed by atoms with Crippen molar-refractivity contribution in [3.8, 4) is 0 Å². The van der Waals surface area contributed by atoms with Crippen LogP contribution in [0, 0.1) is 0 Å². The molecule has 0 aliphatic carbocycles. The van der Waals surface area contributed by atoms with Gasteiger partial charge >= 0.3 is 0 Å². The highest BCUT2D eigenvalue weighted by molar-refractivity contribution is 5.94. The molecule has 4 rings (SSSR count). The Morgan fingerprint density at radius 3 is 2.00 bits per heavy atom. The SMILES string of the molecule is CN(N=Nc1cccc2ccccc12)c1cccc2ccccc12. The van der Waals surface area contributed by atoms with E-state index in [2.05, 4.69) is 52.8 Å². The molecule has 4 aromatic rings. The first-order valence-corrected chi connectivity index (χ1v) is 7.94. The number of hydrogen-bond donors (Lipinski definition) is 0. The van der Waals surface area contributed by atoms with Crippen LogP contribution in [0.5, 0.6) is 0 Å². The van der Waals surface area contributed by atoms with Gasteiger partial charge in [0.05, 0.1) is 11.4 Å². The molecule has 0 heterocycles. The summed E-state index contributed by atoms with van der Waals surface area (Å²) < 4.78 is 0. The van der Waals surface area contributed by atoms with E-state index in [1.165, 1.54) is 16.2 Å². The minimum atomic E-state index is 0.875. The van der Waals surface area contributed by atoms with Gasteiger partial charge in [0.2, 0.25) is 0 Å². The number of anilines is 1. The third-order valence-electron chi connectivity index (χ3n) is 4.17. The summed E-state index contributed by atoms with van der Waals surface area (Å²) in [6.45, 7) is 0. The third kappa shape index (κ3) is 2.61. The molecule has 24 heavy (non-hydrogen) atoms. The summed E-state index contributed by atoms with van der Waals surface area (Å²) in [5, 5.41) is 15.4. The molecule has 0 saturated heterocycles. The highest BCUT2D eigenvalue weighted by atomic mass is 15.5. The van der Waals surface area contributed by atoms with Gasteiger partial charge in [0.15, 0.2) is 0 Å². The molecule has 0 fully saturated rings. The van der Waals surface area contributed by atoms with Gasteiger partial charge in [-0.3, -0.25) is 0 Å². The fourth-order valence-electron chi connectivity index (χ4n) is 2.95. The van der Waals surface area contributed by atoms with Crippen molar-refractivity contribution < 1.29 is 0 Å². The Balaban J connectivity index is 1.72. The van der Waals surface area contributed by atoms with Crippen molar-refractivity contribution in [2.75, 3.05) is 12.1 Å². The maximum Gasteiger partial charge on any atom is 0.0952 e. The fourth-order valence-corrected chi connectivity index (χ4v) is 2.95. The van der Waals surface area contributed by atoms with Gasteiger partial charge in [-0.15, -0.1) is 5.11 Å². The average Bonchev–Trinajstić information content (AvgIpc) is 2.65. The summed E-state index contributed by atoms with van der Waals surface area (Å²) in [5.41, 5.74) is 1.91. The Hall–Kier alpha value is -3.20. The second-order valence-corrected chi connectivity index (χ2v) is 5.71. The molecule has 0 saturated carbocycles. The van der Waals surface area contributed by atoms with E-state index in [-0.39, 0.29) is 0 Å². The number of rotatable bonds is 3. The predicted molar refractivity (Wildman–Crippen MR) is 101 cm³/mol. The van der Waals surface area contributed by atoms with Gasteiger partial charge in [0.25, 0.3) is 0 Å². The maximum absolute atomic E-state index is 4.47. The van der Waals surface area contributed by atoms with Gasteiger partial charge in [-0.25, -0.2) is 5.01 Å². The molecular weight excluding hydrogens is 294 g/mol. The Labute approximate surface area is 140 Å². The van der Waals surface area contributed by atoms with E-state index in [1.807, 2.05) is 54.5 Å². The molecule has 0 amide bonds. The van der Waals surface area contributed by atoms with Crippen molar-refractivity contribution in [1.29, 1.82) is 0 Å². The van der Waals surface area contributed by atoms with Crippen molar-refractivity contribution in [3.05, 3.63) is 84.9 Å². The molecule has 0 unspecified atom stereocenters. The lowest BCUT2D eigenvalue weighted by molar-refractivity contribution is 0.930. The quantitative estimate of drug-likeness (QED) is 0.330. The van der Waals surface area contributed by atoms with E-state index in [0.29, 0.717) is 0 Å². The summed E-state index contributed by atoms with van der Waals surface area (Å²) in [4.78, 5) is 0. The van der Waals surface area contributed by atoms with Crippen LogP contribution in [0.2, 0.25) is 0 Å². The highest BCUT2D eigenvalue weighted by Crippen LogP contribution is 2.29. The first-order chi connectivity index (χ1) is 11.8. The Morgan fingerprint density at radius 1 is 0.625 bits per heavy atom. The first kappa shape index (κ1) is 14.4. The second kappa shape index (κ2) is 6.13. The van der Waals surface area contributed by atoms with E-state index in [9.17, 15) is 0 Å². The second-order valence-electron chi connectivity index (χ2n) is 5.71. The minimum Gasteiger partial charge on any atom is -0.249 e. The largest absolute Gasteiger partial charge is 0.249 e. The molecule has 0 N–H and O–H groups in total. The molecule has 3 nitrogen and oxygen atoms in total. The van der Waals surface area contributed by atoms with Crippen LogP contribution >= 0.6 is 0 Å². The van der Waals surface area contributed by atoms with Gasteiger partial charge in [0.1, 0.15) is 0 Å². The number of benzene rings is 4. The van der Waals surface area contributed by atoms with Crippen molar-refractivity contribution in [1.82, 2.24) is 0 Å². The van der Waals surface area contributed by atoms with Crippen molar-refractivity contribution >= 4 is 32.9 Å². The van der Waals surface area contributed by atoms with Crippen LogP contribution in [0.4, 0.5) is 11.4 Å². The molecular formula is C21H17N3. The molecule has 0 atom stereocenters. The van der Waals surface area contributed by atoms with Crippen LogP contribution in [-0.4, -0.2) is 7.05 Å². The molecule has 0 spiro atoms. The van der Waals surface area contributed by atoms with Gasteiger partial charge < -0.3 is 0 Å². The molecule has 0 bridgehead atoms. The van der Waals surface area contributed by atoms with Gasteiger partial charge in [0, 0.05) is 17.8 Å². The van der Waals surface area contributed by atoms with Crippen LogP contribution in [0.1, 0.15) is 0 Å². The van der Waals surface area contributed by atoms with Crippen molar-refractivity contribution in [3.63, 3.8) is 0 Å². The van der Waals surface area contributed by atoms with E-state index in [4.69, 9.17) is 0 Å². The van der Waals surface area contributed by atoms with E-state index in [0.717, 1.165) is 16.8 Å². The van der Waals surface area contributed by atoms with E-state index in [1.54, 1.807) is 0 Å². The lowest BCUT2D eigenvalue weighted by atomic mass is 10.1. The monoisotopic (exact) mass is 311 g/mol. The Kier molecular flexibility index (Phi) is 3.67. The Morgan fingerprint density at radius 2 is 1.21 bits per heavy atom. The normalized spacial score (nSPS) is 11.4. The molecule has 0 aromatic heterocycles. The summed E-state index contributed by atoms with van der Waals surface area (Å²) in [6, 6.07) is 28.8. The number of nitrogens with zero attached hydrogens (tertiary/aromatic N) is 3. The summed E-state index contributed by atoms with van der Waals surface area (Å²) in [5.74, 6) is 0. The maximum atomic E-state index is 4.47. The molecule has 0 aliphatic heterocycles. The fraction of sp³-hybridized carbons (Fsp3) is 0.0476. The topological polar surface area (TPSA) is 28.0 Å². The minimum absolute atomic E-state index is 0.875. The summed E-state index contributed by atoms with van der Waals surface area (Å²) >= 11 is 0. The van der Waals surface area contributed by atoms with Crippen LogP contribution in [-0.2, 0) is 0 Å². The number of hydrogen-bond acceptors (Lipinski definition) is 2. The van der Waals surface area contributed by atoms with Gasteiger partial charge in [-0.05, 0) is 22.9 Å².